The van der Waals surface area contributed by atoms with Crippen molar-refractivity contribution in [1.29, 1.82) is 0 Å². The maximum atomic E-state index is 13.4. The average Bonchev–Trinajstić information content (AvgIpc) is 3.53. The summed E-state index contributed by atoms with van der Waals surface area (Å²) in [6.07, 6.45) is 5.92. The van der Waals surface area contributed by atoms with Gasteiger partial charge in [-0.1, -0.05) is 12.1 Å². The molecular formula is C25H24FN5O. The fourth-order valence-corrected chi connectivity index (χ4v) is 4.84. The molecule has 2 aromatic carbocycles. The molecule has 0 spiro atoms. The first-order valence-electron chi connectivity index (χ1n) is 10.9. The summed E-state index contributed by atoms with van der Waals surface area (Å²) in [5.41, 5.74) is 6.38. The Morgan fingerprint density at radius 3 is 2.81 bits per heavy atom. The van der Waals surface area contributed by atoms with E-state index in [1.54, 1.807) is 12.1 Å². The molecule has 2 aromatic heterocycles. The fourth-order valence-electron chi connectivity index (χ4n) is 4.84. The number of aliphatic hydroxyl groups is 1. The number of aromatic nitrogens is 3. The van der Waals surface area contributed by atoms with Crippen LogP contribution in [-0.4, -0.2) is 45.0 Å². The number of rotatable bonds is 4. The van der Waals surface area contributed by atoms with E-state index < -0.39 is 0 Å². The Morgan fingerprint density at radius 2 is 1.97 bits per heavy atom. The molecule has 1 fully saturated rings. The second kappa shape index (κ2) is 7.62. The van der Waals surface area contributed by atoms with Gasteiger partial charge in [-0.05, 0) is 47.5 Å². The zero-order chi connectivity index (χ0) is 21.7. The van der Waals surface area contributed by atoms with Crippen LogP contribution in [0.2, 0.25) is 0 Å². The minimum absolute atomic E-state index is 0.174. The Morgan fingerprint density at radius 1 is 1.09 bits per heavy atom. The molecule has 6 nitrogen and oxygen atoms in total. The molecule has 2 aliphatic heterocycles. The van der Waals surface area contributed by atoms with Crippen LogP contribution in [0, 0.1) is 11.7 Å². The van der Waals surface area contributed by atoms with Crippen molar-refractivity contribution < 1.29 is 9.50 Å². The second-order valence-corrected chi connectivity index (χ2v) is 8.56. The number of hydrogen-bond acceptors (Lipinski definition) is 4. The summed E-state index contributed by atoms with van der Waals surface area (Å²) in [5, 5.41) is 16.6. The summed E-state index contributed by atoms with van der Waals surface area (Å²) in [5.74, 6) is 0.862. The van der Waals surface area contributed by atoms with Gasteiger partial charge in [-0.15, -0.1) is 0 Å². The highest BCUT2D eigenvalue weighted by Crippen LogP contribution is 2.35. The van der Waals surface area contributed by atoms with Gasteiger partial charge in [0.25, 0.3) is 0 Å². The molecule has 2 atom stereocenters. The van der Waals surface area contributed by atoms with Gasteiger partial charge in [-0.3, -0.25) is 4.57 Å². The number of aliphatic hydroxyl groups excluding tert-OH is 1. The maximum absolute atomic E-state index is 13.4. The lowest BCUT2D eigenvalue weighted by atomic mass is 10.0. The number of nitrogens with zero attached hydrogens (tertiary/aromatic N) is 3. The zero-order valence-corrected chi connectivity index (χ0v) is 17.5. The average molecular weight is 429 g/mol. The van der Waals surface area contributed by atoms with Crippen molar-refractivity contribution in [3.63, 3.8) is 0 Å². The Balaban J connectivity index is 1.39. The summed E-state index contributed by atoms with van der Waals surface area (Å²) in [7, 11) is 0. The van der Waals surface area contributed by atoms with E-state index in [1.165, 1.54) is 17.7 Å². The van der Waals surface area contributed by atoms with Crippen molar-refractivity contribution in [3.8, 4) is 28.3 Å². The van der Waals surface area contributed by atoms with Crippen LogP contribution in [0.5, 0.6) is 0 Å². The third-order valence-corrected chi connectivity index (χ3v) is 6.55. The van der Waals surface area contributed by atoms with Gasteiger partial charge in [-0.25, -0.2) is 9.37 Å². The minimum atomic E-state index is -0.236. The van der Waals surface area contributed by atoms with E-state index in [1.807, 2.05) is 12.4 Å². The van der Waals surface area contributed by atoms with Crippen molar-refractivity contribution in [3.05, 3.63) is 78.5 Å². The fraction of sp³-hybridized carbons (Fsp3) is 0.240. The Kier molecular flexibility index (Phi) is 4.59. The highest BCUT2D eigenvalue weighted by molar-refractivity contribution is 5.72. The molecule has 0 aliphatic carbocycles. The smallest absolute Gasteiger partial charge is 0.161 e. The highest BCUT2D eigenvalue weighted by atomic mass is 19.1. The molecule has 3 N–H and O–H groups in total. The summed E-state index contributed by atoms with van der Waals surface area (Å²) in [6, 6.07) is 15.3. The van der Waals surface area contributed by atoms with Crippen LogP contribution in [0.15, 0.2) is 67.1 Å². The first kappa shape index (κ1) is 19.3. The summed E-state index contributed by atoms with van der Waals surface area (Å²) < 4.78 is 17.7. The Bertz CT molecular complexity index is 1280. The summed E-state index contributed by atoms with van der Waals surface area (Å²) >= 11 is 0. The molecule has 0 saturated carbocycles. The van der Waals surface area contributed by atoms with Gasteiger partial charge >= 0.3 is 0 Å². The summed E-state index contributed by atoms with van der Waals surface area (Å²) in [4.78, 5) is 4.64. The van der Waals surface area contributed by atoms with E-state index in [9.17, 15) is 9.50 Å². The number of fused-ring (bicyclic) bond motifs is 5. The van der Waals surface area contributed by atoms with Gasteiger partial charge in [0.05, 0.1) is 11.4 Å². The third kappa shape index (κ3) is 3.21. The Hall–Kier alpha value is -3.42. The van der Waals surface area contributed by atoms with Crippen LogP contribution >= 0.6 is 0 Å². The van der Waals surface area contributed by atoms with Crippen LogP contribution in [0.3, 0.4) is 0 Å². The van der Waals surface area contributed by atoms with Crippen molar-refractivity contribution in [1.82, 2.24) is 19.4 Å². The van der Waals surface area contributed by atoms with Gasteiger partial charge in [0.1, 0.15) is 5.82 Å². The predicted octanol–water partition coefficient (Wildman–Crippen LogP) is 3.50. The van der Waals surface area contributed by atoms with Crippen LogP contribution in [-0.2, 0) is 6.54 Å². The van der Waals surface area contributed by atoms with Gasteiger partial charge in [0.15, 0.2) is 5.82 Å². The number of benzene rings is 2. The topological polar surface area (TPSA) is 67.0 Å². The lowest BCUT2D eigenvalue weighted by molar-refractivity contribution is 0.231. The molecule has 1 saturated heterocycles. The zero-order valence-electron chi connectivity index (χ0n) is 17.5. The standard InChI is InChI=1S/C25H24FN5O/c26-20-3-1-16(2-4-20)17-10-24-25-28-7-8-31(25)23-6-5-21(9-18(23)14-30(24)13-17)29-22-12-27-11-19(22)15-32/h1-10,13,19,22,27,29,32H,11-12,14-15H2/t19-,22+/m0/s1. The monoisotopic (exact) mass is 429 g/mol. The lowest BCUT2D eigenvalue weighted by Crippen LogP contribution is -2.30. The molecule has 4 aromatic rings. The molecule has 4 heterocycles. The first-order valence-corrected chi connectivity index (χ1v) is 10.9. The molecule has 2 aliphatic rings. The SMILES string of the molecule is OC[C@@H]1CNC[C@H]1Nc1ccc2c(c1)Cn1cc(-c3ccc(F)cc3)cc1-c1nccn1-2. The Labute approximate surface area is 185 Å². The molecule has 7 heteroatoms. The number of nitrogens with one attached hydrogen (secondary N) is 2. The van der Waals surface area contributed by atoms with Crippen LogP contribution < -0.4 is 10.6 Å². The molecule has 162 valence electrons. The van der Waals surface area contributed by atoms with E-state index in [0.29, 0.717) is 6.54 Å². The molecule has 0 radical (unpaired) electrons. The number of anilines is 1. The second-order valence-electron chi connectivity index (χ2n) is 8.56. The van der Waals surface area contributed by atoms with E-state index in [2.05, 4.69) is 55.2 Å². The normalized spacial score (nSPS) is 19.2. The first-order chi connectivity index (χ1) is 15.7. The van der Waals surface area contributed by atoms with E-state index in [-0.39, 0.29) is 24.4 Å². The highest BCUT2D eigenvalue weighted by Gasteiger charge is 2.27. The molecule has 0 unspecified atom stereocenters. The van der Waals surface area contributed by atoms with Crippen molar-refractivity contribution >= 4 is 5.69 Å². The molecular weight excluding hydrogens is 405 g/mol. The van der Waals surface area contributed by atoms with Crippen molar-refractivity contribution in [2.45, 2.75) is 12.6 Å². The van der Waals surface area contributed by atoms with E-state index in [4.69, 9.17) is 0 Å². The van der Waals surface area contributed by atoms with Crippen LogP contribution in [0.4, 0.5) is 10.1 Å². The van der Waals surface area contributed by atoms with Crippen LogP contribution in [0.25, 0.3) is 28.3 Å². The quantitative estimate of drug-likeness (QED) is 0.409. The van der Waals surface area contributed by atoms with Crippen molar-refractivity contribution in [2.75, 3.05) is 25.0 Å². The molecule has 0 amide bonds. The lowest BCUT2D eigenvalue weighted by Gasteiger charge is -2.20. The minimum Gasteiger partial charge on any atom is -0.396 e. The van der Waals surface area contributed by atoms with E-state index >= 15 is 0 Å². The molecule has 6 rings (SSSR count). The third-order valence-electron chi connectivity index (χ3n) is 6.55. The largest absolute Gasteiger partial charge is 0.396 e. The summed E-state index contributed by atoms with van der Waals surface area (Å²) in [6.45, 7) is 2.55. The van der Waals surface area contributed by atoms with Gasteiger partial charge < -0.3 is 20.3 Å². The van der Waals surface area contributed by atoms with Gasteiger partial charge in [-0.2, -0.15) is 0 Å². The van der Waals surface area contributed by atoms with Gasteiger partial charge in [0, 0.05) is 68.0 Å². The van der Waals surface area contributed by atoms with Crippen LogP contribution in [0.1, 0.15) is 5.56 Å². The van der Waals surface area contributed by atoms with Crippen molar-refractivity contribution in [2.24, 2.45) is 5.92 Å². The predicted molar refractivity (Wildman–Crippen MR) is 122 cm³/mol. The van der Waals surface area contributed by atoms with E-state index in [0.717, 1.165) is 47.1 Å². The number of hydrogen-bond donors (Lipinski definition) is 3. The number of halogens is 1. The van der Waals surface area contributed by atoms with Gasteiger partial charge in [0.2, 0.25) is 0 Å². The number of imidazole rings is 1. The maximum Gasteiger partial charge on any atom is 0.161 e. The molecule has 0 bridgehead atoms. The molecule has 32 heavy (non-hydrogen) atoms.